The van der Waals surface area contributed by atoms with Crippen LogP contribution in [0, 0.1) is 0 Å². The van der Waals surface area contributed by atoms with E-state index in [0.717, 1.165) is 6.42 Å². The highest BCUT2D eigenvalue weighted by Crippen LogP contribution is 2.16. The SMILES string of the molecule is CN1CCCN(C(=O)c2ncccc2Br)CC1=O. The number of nitrogens with zero attached hydrogens (tertiary/aromatic N) is 3. The van der Waals surface area contributed by atoms with Gasteiger partial charge in [0, 0.05) is 30.8 Å². The largest absolute Gasteiger partial charge is 0.344 e. The van der Waals surface area contributed by atoms with Crippen LogP contribution in [-0.4, -0.2) is 53.3 Å². The lowest BCUT2D eigenvalue weighted by molar-refractivity contribution is -0.129. The minimum atomic E-state index is -0.203. The number of amides is 2. The molecule has 2 heterocycles. The zero-order valence-electron chi connectivity index (χ0n) is 10.1. The van der Waals surface area contributed by atoms with Gasteiger partial charge in [-0.3, -0.25) is 9.59 Å². The predicted octanol–water partition coefficient (Wildman–Crippen LogP) is 1.15. The van der Waals surface area contributed by atoms with Crippen LogP contribution in [0.4, 0.5) is 0 Å². The Morgan fingerprint density at radius 3 is 2.94 bits per heavy atom. The Labute approximate surface area is 114 Å². The summed E-state index contributed by atoms with van der Waals surface area (Å²) in [6.45, 7) is 1.39. The van der Waals surface area contributed by atoms with E-state index in [-0.39, 0.29) is 18.4 Å². The van der Waals surface area contributed by atoms with Crippen LogP contribution in [0.25, 0.3) is 0 Å². The average Bonchev–Trinajstić information content (AvgIpc) is 2.52. The van der Waals surface area contributed by atoms with Crippen LogP contribution in [0.2, 0.25) is 0 Å². The summed E-state index contributed by atoms with van der Waals surface area (Å²) in [5.41, 5.74) is 0.356. The molecule has 0 N–H and O–H groups in total. The van der Waals surface area contributed by atoms with Gasteiger partial charge >= 0.3 is 0 Å². The van der Waals surface area contributed by atoms with E-state index in [1.165, 1.54) is 0 Å². The molecule has 0 atom stereocenters. The fraction of sp³-hybridized carbons (Fsp3) is 0.417. The Hall–Kier alpha value is -1.43. The molecule has 0 saturated carbocycles. The lowest BCUT2D eigenvalue weighted by Gasteiger charge is -2.19. The molecule has 96 valence electrons. The van der Waals surface area contributed by atoms with Gasteiger partial charge in [-0.25, -0.2) is 4.98 Å². The first-order chi connectivity index (χ1) is 8.59. The zero-order chi connectivity index (χ0) is 13.1. The highest BCUT2D eigenvalue weighted by molar-refractivity contribution is 9.10. The second-order valence-electron chi connectivity index (χ2n) is 4.23. The monoisotopic (exact) mass is 311 g/mol. The number of hydrogen-bond acceptors (Lipinski definition) is 3. The molecule has 1 aromatic rings. The maximum atomic E-state index is 12.3. The van der Waals surface area contributed by atoms with E-state index >= 15 is 0 Å². The van der Waals surface area contributed by atoms with Gasteiger partial charge in [0.2, 0.25) is 5.91 Å². The van der Waals surface area contributed by atoms with Crippen LogP contribution in [-0.2, 0) is 4.79 Å². The maximum Gasteiger partial charge on any atom is 0.274 e. The van der Waals surface area contributed by atoms with E-state index in [0.29, 0.717) is 23.3 Å². The third kappa shape index (κ3) is 2.69. The van der Waals surface area contributed by atoms with Crippen molar-refractivity contribution in [1.82, 2.24) is 14.8 Å². The van der Waals surface area contributed by atoms with Crippen LogP contribution in [0.5, 0.6) is 0 Å². The van der Waals surface area contributed by atoms with Crippen LogP contribution in [0.15, 0.2) is 22.8 Å². The van der Waals surface area contributed by atoms with Crippen molar-refractivity contribution in [1.29, 1.82) is 0 Å². The van der Waals surface area contributed by atoms with Crippen molar-refractivity contribution in [3.8, 4) is 0 Å². The predicted molar refractivity (Wildman–Crippen MR) is 70.1 cm³/mol. The van der Waals surface area contributed by atoms with Crippen LogP contribution in [0.3, 0.4) is 0 Å². The van der Waals surface area contributed by atoms with Crippen molar-refractivity contribution in [2.45, 2.75) is 6.42 Å². The van der Waals surface area contributed by atoms with Gasteiger partial charge in [-0.1, -0.05) is 0 Å². The molecule has 2 amide bonds. The molecular weight excluding hydrogens is 298 g/mol. The smallest absolute Gasteiger partial charge is 0.274 e. The number of pyridine rings is 1. The highest BCUT2D eigenvalue weighted by atomic mass is 79.9. The molecule has 5 nitrogen and oxygen atoms in total. The van der Waals surface area contributed by atoms with Gasteiger partial charge in [-0.15, -0.1) is 0 Å². The molecule has 1 saturated heterocycles. The van der Waals surface area contributed by atoms with E-state index in [4.69, 9.17) is 0 Å². The summed E-state index contributed by atoms with van der Waals surface area (Å²) in [4.78, 5) is 31.3. The maximum absolute atomic E-state index is 12.3. The van der Waals surface area contributed by atoms with Crippen molar-refractivity contribution in [2.24, 2.45) is 0 Å². The van der Waals surface area contributed by atoms with Gasteiger partial charge < -0.3 is 9.80 Å². The van der Waals surface area contributed by atoms with E-state index in [2.05, 4.69) is 20.9 Å². The lowest BCUT2D eigenvalue weighted by Crippen LogP contribution is -2.38. The first-order valence-corrected chi connectivity index (χ1v) is 6.52. The summed E-state index contributed by atoms with van der Waals surface area (Å²) in [5.74, 6) is -0.237. The Bertz CT molecular complexity index is 478. The molecule has 1 aliphatic heterocycles. The van der Waals surface area contributed by atoms with Crippen LogP contribution < -0.4 is 0 Å². The van der Waals surface area contributed by atoms with Gasteiger partial charge in [-0.2, -0.15) is 0 Å². The number of aromatic nitrogens is 1. The molecule has 0 aromatic carbocycles. The summed E-state index contributed by atoms with van der Waals surface area (Å²) in [7, 11) is 1.76. The summed E-state index contributed by atoms with van der Waals surface area (Å²) in [5, 5.41) is 0. The van der Waals surface area contributed by atoms with E-state index in [1.54, 1.807) is 35.2 Å². The molecular formula is C12H14BrN3O2. The molecule has 18 heavy (non-hydrogen) atoms. The van der Waals surface area contributed by atoms with Crippen LogP contribution >= 0.6 is 15.9 Å². The summed E-state index contributed by atoms with van der Waals surface area (Å²) >= 11 is 3.30. The number of carbonyl (C=O) groups excluding carboxylic acids is 2. The summed E-state index contributed by atoms with van der Waals surface area (Å²) < 4.78 is 0.653. The van der Waals surface area contributed by atoms with E-state index in [1.807, 2.05) is 0 Å². The fourth-order valence-electron chi connectivity index (χ4n) is 1.85. The van der Waals surface area contributed by atoms with Crippen molar-refractivity contribution in [3.63, 3.8) is 0 Å². The summed E-state index contributed by atoms with van der Waals surface area (Å²) in [6, 6.07) is 3.52. The number of rotatable bonds is 1. The van der Waals surface area contributed by atoms with Gasteiger partial charge in [0.1, 0.15) is 12.2 Å². The van der Waals surface area contributed by atoms with Crippen molar-refractivity contribution >= 4 is 27.7 Å². The Kier molecular flexibility index (Phi) is 3.96. The van der Waals surface area contributed by atoms with Crippen molar-refractivity contribution in [3.05, 3.63) is 28.5 Å². The zero-order valence-corrected chi connectivity index (χ0v) is 11.7. The second-order valence-corrected chi connectivity index (χ2v) is 5.08. The molecule has 2 rings (SSSR count). The van der Waals surface area contributed by atoms with Crippen molar-refractivity contribution < 1.29 is 9.59 Å². The lowest BCUT2D eigenvalue weighted by atomic mass is 10.3. The van der Waals surface area contributed by atoms with Crippen molar-refractivity contribution in [2.75, 3.05) is 26.7 Å². The standard InChI is InChI=1S/C12H14BrN3O2/c1-15-6-3-7-16(8-10(15)17)12(18)11-9(13)4-2-5-14-11/h2,4-5H,3,6-8H2,1H3. The van der Waals surface area contributed by atoms with Crippen LogP contribution in [0.1, 0.15) is 16.9 Å². The Morgan fingerprint density at radius 1 is 1.44 bits per heavy atom. The second kappa shape index (κ2) is 5.48. The first-order valence-electron chi connectivity index (χ1n) is 5.73. The summed E-state index contributed by atoms with van der Waals surface area (Å²) in [6.07, 6.45) is 2.36. The quantitative estimate of drug-likeness (QED) is 0.782. The van der Waals surface area contributed by atoms with Gasteiger partial charge in [0.15, 0.2) is 0 Å². The molecule has 0 unspecified atom stereocenters. The average molecular weight is 312 g/mol. The molecule has 0 spiro atoms. The molecule has 1 aliphatic rings. The molecule has 0 bridgehead atoms. The number of halogens is 1. The topological polar surface area (TPSA) is 53.5 Å². The fourth-order valence-corrected chi connectivity index (χ4v) is 2.28. The minimum absolute atomic E-state index is 0.0343. The molecule has 1 aromatic heterocycles. The minimum Gasteiger partial charge on any atom is -0.344 e. The third-order valence-corrected chi connectivity index (χ3v) is 3.56. The molecule has 0 aliphatic carbocycles. The van der Waals surface area contributed by atoms with Gasteiger partial charge in [-0.05, 0) is 34.5 Å². The Balaban J connectivity index is 2.19. The highest BCUT2D eigenvalue weighted by Gasteiger charge is 2.25. The third-order valence-electron chi connectivity index (χ3n) is 2.92. The first kappa shape index (κ1) is 13.0. The van der Waals surface area contributed by atoms with Gasteiger partial charge in [0.05, 0.1) is 0 Å². The number of hydrogen-bond donors (Lipinski definition) is 0. The van der Waals surface area contributed by atoms with E-state index < -0.39 is 0 Å². The molecule has 6 heteroatoms. The normalized spacial score (nSPS) is 16.7. The number of likely N-dealkylation sites (N-methyl/N-ethyl adjacent to an activating group) is 1. The Morgan fingerprint density at radius 2 is 2.22 bits per heavy atom. The molecule has 1 fully saturated rings. The van der Waals surface area contributed by atoms with E-state index in [9.17, 15) is 9.59 Å². The van der Waals surface area contributed by atoms with Gasteiger partial charge in [0.25, 0.3) is 5.91 Å². The molecule has 0 radical (unpaired) electrons. The number of carbonyl (C=O) groups is 2.